The molecule has 1 saturated heterocycles. The number of benzene rings is 2. The Labute approximate surface area is 196 Å². The Bertz CT molecular complexity index is 1340. The molecule has 0 spiro atoms. The Balaban J connectivity index is 1.52. The molecule has 1 aliphatic heterocycles. The summed E-state index contributed by atoms with van der Waals surface area (Å²) < 4.78 is 28.0. The van der Waals surface area contributed by atoms with Gasteiger partial charge >= 0.3 is 0 Å². The fourth-order valence-electron chi connectivity index (χ4n) is 3.43. The van der Waals surface area contributed by atoms with Gasteiger partial charge in [-0.15, -0.1) is 0 Å². The minimum Gasteiger partial charge on any atom is -0.348 e. The molecule has 6 nitrogen and oxygen atoms in total. The minimum absolute atomic E-state index is 0.130. The number of rotatable bonds is 5. The van der Waals surface area contributed by atoms with Gasteiger partial charge in [0.2, 0.25) is 5.28 Å². The molecule has 0 saturated carbocycles. The van der Waals surface area contributed by atoms with Gasteiger partial charge in [-0.05, 0) is 48.4 Å². The van der Waals surface area contributed by atoms with Gasteiger partial charge in [0, 0.05) is 30.5 Å². The lowest BCUT2D eigenvalue weighted by Gasteiger charge is -2.30. The van der Waals surface area contributed by atoms with E-state index in [4.69, 9.17) is 16.6 Å². The van der Waals surface area contributed by atoms with E-state index in [1.165, 1.54) is 17.4 Å². The van der Waals surface area contributed by atoms with Crippen LogP contribution in [0.15, 0.2) is 54.7 Å². The van der Waals surface area contributed by atoms with Crippen molar-refractivity contribution >= 4 is 39.7 Å². The summed E-state index contributed by atoms with van der Waals surface area (Å²) in [6.45, 7) is 1.86. The SMILES string of the molecule is O=C(Nc1cccc(-c2nc(N3CCC3)sc2-c2ccnc(Cl)n2)c1)c1c(F)cccc1F. The number of halogens is 3. The predicted octanol–water partition coefficient (Wildman–Crippen LogP) is 5.66. The highest BCUT2D eigenvalue weighted by Gasteiger charge is 2.24. The fourth-order valence-corrected chi connectivity index (χ4v) is 4.69. The third-order valence-electron chi connectivity index (χ3n) is 5.18. The zero-order valence-electron chi connectivity index (χ0n) is 17.1. The highest BCUT2D eigenvalue weighted by atomic mass is 35.5. The van der Waals surface area contributed by atoms with Crippen LogP contribution in [0.2, 0.25) is 5.28 Å². The number of hydrogen-bond acceptors (Lipinski definition) is 6. The van der Waals surface area contributed by atoms with Gasteiger partial charge in [0.1, 0.15) is 17.2 Å². The topological polar surface area (TPSA) is 71.0 Å². The van der Waals surface area contributed by atoms with E-state index in [-0.39, 0.29) is 5.28 Å². The van der Waals surface area contributed by atoms with Gasteiger partial charge in [0.25, 0.3) is 5.91 Å². The average molecular weight is 484 g/mol. The smallest absolute Gasteiger partial charge is 0.261 e. The third-order valence-corrected chi connectivity index (χ3v) is 6.51. The van der Waals surface area contributed by atoms with Gasteiger partial charge in [-0.25, -0.2) is 23.7 Å². The van der Waals surface area contributed by atoms with Gasteiger partial charge in [-0.1, -0.05) is 29.5 Å². The first-order chi connectivity index (χ1) is 16.0. The number of anilines is 2. The van der Waals surface area contributed by atoms with Crippen LogP contribution in [0.3, 0.4) is 0 Å². The van der Waals surface area contributed by atoms with E-state index in [2.05, 4.69) is 20.2 Å². The maximum absolute atomic E-state index is 14.0. The van der Waals surface area contributed by atoms with Crippen LogP contribution in [0, 0.1) is 11.6 Å². The average Bonchev–Trinajstić information content (AvgIpc) is 3.17. The molecule has 5 rings (SSSR count). The van der Waals surface area contributed by atoms with E-state index in [9.17, 15) is 13.6 Å². The summed E-state index contributed by atoms with van der Waals surface area (Å²) in [4.78, 5) is 28.6. The minimum atomic E-state index is -0.926. The number of hydrogen-bond donors (Lipinski definition) is 1. The second-order valence-electron chi connectivity index (χ2n) is 7.36. The van der Waals surface area contributed by atoms with Crippen LogP contribution in [0.4, 0.5) is 19.6 Å². The zero-order valence-corrected chi connectivity index (χ0v) is 18.6. The van der Waals surface area contributed by atoms with Crippen LogP contribution in [0.1, 0.15) is 16.8 Å². The second kappa shape index (κ2) is 8.84. The molecular formula is C23H16ClF2N5OS. The first-order valence-electron chi connectivity index (χ1n) is 10.1. The van der Waals surface area contributed by atoms with Gasteiger partial charge < -0.3 is 10.2 Å². The summed E-state index contributed by atoms with van der Waals surface area (Å²) in [6.07, 6.45) is 2.69. The Hall–Kier alpha value is -3.43. The maximum atomic E-state index is 14.0. The molecule has 1 fully saturated rings. The number of nitrogens with zero attached hydrogens (tertiary/aromatic N) is 4. The van der Waals surface area contributed by atoms with E-state index in [0.717, 1.165) is 47.2 Å². The molecule has 0 bridgehead atoms. The summed E-state index contributed by atoms with van der Waals surface area (Å²) in [5, 5.41) is 3.56. The predicted molar refractivity (Wildman–Crippen MR) is 125 cm³/mol. The highest BCUT2D eigenvalue weighted by Crippen LogP contribution is 2.41. The molecule has 4 aromatic rings. The van der Waals surface area contributed by atoms with Crippen molar-refractivity contribution < 1.29 is 13.6 Å². The Morgan fingerprint density at radius 1 is 1.06 bits per heavy atom. The Kier molecular flexibility index (Phi) is 5.74. The summed E-state index contributed by atoms with van der Waals surface area (Å²) in [6, 6.07) is 12.0. The molecule has 1 aliphatic rings. The van der Waals surface area contributed by atoms with Crippen LogP contribution in [-0.4, -0.2) is 33.9 Å². The van der Waals surface area contributed by atoms with Gasteiger partial charge in [-0.3, -0.25) is 4.79 Å². The van der Waals surface area contributed by atoms with Gasteiger partial charge in [0.15, 0.2) is 5.13 Å². The van der Waals surface area contributed by atoms with Crippen LogP contribution in [0.25, 0.3) is 21.8 Å². The van der Waals surface area contributed by atoms with Gasteiger partial charge in [0.05, 0.1) is 16.3 Å². The number of nitrogens with one attached hydrogen (secondary N) is 1. The second-order valence-corrected chi connectivity index (χ2v) is 8.67. The van der Waals surface area contributed by atoms with Crippen molar-refractivity contribution in [3.05, 3.63) is 77.2 Å². The molecule has 166 valence electrons. The Morgan fingerprint density at radius 3 is 2.52 bits per heavy atom. The highest BCUT2D eigenvalue weighted by molar-refractivity contribution is 7.19. The van der Waals surface area contributed by atoms with Crippen molar-refractivity contribution in [2.45, 2.75) is 6.42 Å². The molecule has 2 aromatic heterocycles. The largest absolute Gasteiger partial charge is 0.348 e. The molecule has 0 atom stereocenters. The lowest BCUT2D eigenvalue weighted by atomic mass is 10.1. The molecular weight excluding hydrogens is 468 g/mol. The van der Waals surface area contributed by atoms with Crippen LogP contribution >= 0.6 is 22.9 Å². The lowest BCUT2D eigenvalue weighted by molar-refractivity contribution is 0.101. The van der Waals surface area contributed by atoms with Crippen molar-refractivity contribution in [1.82, 2.24) is 15.0 Å². The number of amides is 1. The van der Waals surface area contributed by atoms with Crippen molar-refractivity contribution in [1.29, 1.82) is 0 Å². The summed E-state index contributed by atoms with van der Waals surface area (Å²) in [7, 11) is 0. The van der Waals surface area contributed by atoms with E-state index in [1.807, 2.05) is 6.07 Å². The van der Waals surface area contributed by atoms with Crippen LogP contribution < -0.4 is 10.2 Å². The number of carbonyl (C=O) groups is 1. The van der Waals surface area contributed by atoms with Crippen molar-refractivity contribution in [3.63, 3.8) is 0 Å². The molecule has 10 heteroatoms. The van der Waals surface area contributed by atoms with Crippen molar-refractivity contribution in [2.24, 2.45) is 0 Å². The molecule has 2 aromatic carbocycles. The summed E-state index contributed by atoms with van der Waals surface area (Å²) in [5.74, 6) is -2.72. The van der Waals surface area contributed by atoms with Crippen LogP contribution in [-0.2, 0) is 0 Å². The number of thiazole rings is 1. The van der Waals surface area contributed by atoms with Crippen molar-refractivity contribution in [3.8, 4) is 21.8 Å². The molecule has 3 heterocycles. The first kappa shape index (κ1) is 21.4. The first-order valence-corrected chi connectivity index (χ1v) is 11.3. The van der Waals surface area contributed by atoms with Crippen molar-refractivity contribution in [2.75, 3.05) is 23.3 Å². The summed E-state index contributed by atoms with van der Waals surface area (Å²) in [5.41, 5.74) is 1.77. The monoisotopic (exact) mass is 483 g/mol. The van der Waals surface area contributed by atoms with E-state index in [1.54, 1.807) is 30.5 Å². The molecule has 1 amide bonds. The molecule has 0 unspecified atom stereocenters. The van der Waals surface area contributed by atoms with E-state index < -0.39 is 23.1 Å². The standard InChI is InChI=1S/C23H16ClF2N5OS/c24-22-27-9-8-17(29-22)20-19(30-23(33-20)31-10-3-11-31)13-4-1-5-14(12-13)28-21(32)18-15(25)6-2-7-16(18)26/h1-2,4-9,12H,3,10-11H2,(H,28,32). The fraction of sp³-hybridized carbons (Fsp3) is 0.130. The molecule has 33 heavy (non-hydrogen) atoms. The number of aromatic nitrogens is 3. The maximum Gasteiger partial charge on any atom is 0.261 e. The zero-order chi connectivity index (χ0) is 22.9. The van der Waals surface area contributed by atoms with Gasteiger partial charge in [-0.2, -0.15) is 0 Å². The van der Waals surface area contributed by atoms with E-state index >= 15 is 0 Å². The number of carbonyl (C=O) groups excluding carboxylic acids is 1. The Morgan fingerprint density at radius 2 is 1.82 bits per heavy atom. The lowest BCUT2D eigenvalue weighted by Crippen LogP contribution is -2.36. The normalized spacial score (nSPS) is 13.0. The molecule has 1 N–H and O–H groups in total. The summed E-state index contributed by atoms with van der Waals surface area (Å²) >= 11 is 7.51. The molecule has 0 radical (unpaired) electrons. The quantitative estimate of drug-likeness (QED) is 0.371. The molecule has 0 aliphatic carbocycles. The third kappa shape index (κ3) is 4.29. The van der Waals surface area contributed by atoms with E-state index in [0.29, 0.717) is 17.1 Å². The van der Waals surface area contributed by atoms with Crippen LogP contribution in [0.5, 0.6) is 0 Å².